The molecule has 0 bridgehead atoms. The van der Waals surface area contributed by atoms with Gasteiger partial charge in [0.25, 0.3) is 0 Å². The number of ether oxygens (including phenoxy) is 1. The van der Waals surface area contributed by atoms with E-state index in [9.17, 15) is 8.42 Å². The third kappa shape index (κ3) is 8.49. The molecule has 0 radical (unpaired) electrons. The molecule has 1 unspecified atom stereocenters. The number of hydrogen-bond donors (Lipinski definition) is 2. The van der Waals surface area contributed by atoms with Crippen LogP contribution >= 0.6 is 35.7 Å². The Morgan fingerprint density at radius 2 is 2.15 bits per heavy atom. The SMILES string of the molecule is CN=C(NCCS(=O)(=O)NCC1CCCCO1)N1CCSC(C)(C)C1.I. The first kappa shape index (κ1) is 24.3. The summed E-state index contributed by atoms with van der Waals surface area (Å²) in [5.41, 5.74) is 0. The third-order valence-corrected chi connectivity index (χ3v) is 7.04. The minimum atomic E-state index is -3.31. The Labute approximate surface area is 179 Å². The van der Waals surface area contributed by atoms with Gasteiger partial charge in [-0.1, -0.05) is 0 Å². The molecule has 0 aromatic rings. The van der Waals surface area contributed by atoms with E-state index >= 15 is 0 Å². The summed E-state index contributed by atoms with van der Waals surface area (Å²) in [6, 6.07) is 0. The molecule has 2 saturated heterocycles. The van der Waals surface area contributed by atoms with Crippen LogP contribution in [0.3, 0.4) is 0 Å². The molecular weight excluding hydrogens is 487 g/mol. The van der Waals surface area contributed by atoms with Gasteiger partial charge in [0.1, 0.15) is 0 Å². The number of hydrogen-bond acceptors (Lipinski definition) is 5. The Hall–Kier alpha value is 0.220. The van der Waals surface area contributed by atoms with Crippen molar-refractivity contribution in [1.29, 1.82) is 0 Å². The molecule has 2 aliphatic rings. The van der Waals surface area contributed by atoms with Gasteiger partial charge in [-0.15, -0.1) is 24.0 Å². The van der Waals surface area contributed by atoms with Crippen molar-refractivity contribution in [3.8, 4) is 0 Å². The van der Waals surface area contributed by atoms with Crippen molar-refractivity contribution in [2.45, 2.75) is 44.0 Å². The molecule has 2 heterocycles. The molecule has 7 nitrogen and oxygen atoms in total. The van der Waals surface area contributed by atoms with E-state index in [4.69, 9.17) is 4.74 Å². The minimum absolute atomic E-state index is 0. The first-order chi connectivity index (χ1) is 11.8. The molecule has 2 aliphatic heterocycles. The third-order valence-electron chi connectivity index (χ3n) is 4.40. The largest absolute Gasteiger partial charge is 0.377 e. The summed E-state index contributed by atoms with van der Waals surface area (Å²) in [6.07, 6.45) is 3.11. The van der Waals surface area contributed by atoms with Gasteiger partial charge < -0.3 is 15.0 Å². The van der Waals surface area contributed by atoms with Crippen molar-refractivity contribution >= 4 is 51.7 Å². The van der Waals surface area contributed by atoms with Crippen LogP contribution in [-0.2, 0) is 14.8 Å². The number of guanidine groups is 1. The lowest BCUT2D eigenvalue weighted by molar-refractivity contribution is 0.0200. The summed E-state index contributed by atoms with van der Waals surface area (Å²) in [5.74, 6) is 1.86. The number of halogens is 1. The van der Waals surface area contributed by atoms with Gasteiger partial charge >= 0.3 is 0 Å². The smallest absolute Gasteiger partial charge is 0.213 e. The highest BCUT2D eigenvalue weighted by molar-refractivity contribution is 14.0. The zero-order valence-corrected chi connectivity index (χ0v) is 20.0. The molecule has 10 heteroatoms. The lowest BCUT2D eigenvalue weighted by Gasteiger charge is -2.39. The van der Waals surface area contributed by atoms with E-state index in [0.29, 0.717) is 13.1 Å². The van der Waals surface area contributed by atoms with Crippen LogP contribution in [0.15, 0.2) is 4.99 Å². The maximum atomic E-state index is 12.2. The lowest BCUT2D eigenvalue weighted by atomic mass is 10.1. The van der Waals surface area contributed by atoms with Crippen LogP contribution in [0.2, 0.25) is 0 Å². The molecule has 0 aromatic carbocycles. The predicted octanol–water partition coefficient (Wildman–Crippen LogP) is 1.50. The Kier molecular flexibility index (Phi) is 10.5. The van der Waals surface area contributed by atoms with Gasteiger partial charge in [0.05, 0.1) is 11.9 Å². The first-order valence-corrected chi connectivity index (χ1v) is 11.6. The van der Waals surface area contributed by atoms with Crippen LogP contribution in [0.1, 0.15) is 33.1 Å². The Bertz CT molecular complexity index is 552. The van der Waals surface area contributed by atoms with Crippen molar-refractivity contribution in [3.05, 3.63) is 0 Å². The number of thioether (sulfide) groups is 1. The molecule has 26 heavy (non-hydrogen) atoms. The fraction of sp³-hybridized carbons (Fsp3) is 0.938. The maximum Gasteiger partial charge on any atom is 0.213 e. The highest BCUT2D eigenvalue weighted by Crippen LogP contribution is 2.29. The normalized spacial score (nSPS) is 24.0. The summed E-state index contributed by atoms with van der Waals surface area (Å²) in [7, 11) is -1.57. The summed E-state index contributed by atoms with van der Waals surface area (Å²) in [6.45, 7) is 7.72. The standard InChI is InChI=1S/C16H32N4O3S2.HI/c1-16(2)13-20(8-10-24-16)15(17-3)18-7-11-25(21,22)19-12-14-6-4-5-9-23-14;/h14,19H,4-13H2,1-3H3,(H,17,18);1H. The van der Waals surface area contributed by atoms with E-state index in [-0.39, 0.29) is 40.6 Å². The minimum Gasteiger partial charge on any atom is -0.377 e. The van der Waals surface area contributed by atoms with Crippen molar-refractivity contribution in [1.82, 2.24) is 14.9 Å². The van der Waals surface area contributed by atoms with Crippen molar-refractivity contribution < 1.29 is 13.2 Å². The Morgan fingerprint density at radius 1 is 1.38 bits per heavy atom. The van der Waals surface area contributed by atoms with Crippen LogP contribution < -0.4 is 10.0 Å². The molecule has 0 amide bonds. The Balaban J connectivity index is 0.00000338. The second-order valence-electron chi connectivity index (χ2n) is 7.16. The lowest BCUT2D eigenvalue weighted by Crippen LogP contribution is -2.51. The fourth-order valence-corrected chi connectivity index (χ4v) is 5.15. The zero-order chi connectivity index (χ0) is 18.3. The first-order valence-electron chi connectivity index (χ1n) is 9.00. The zero-order valence-electron chi connectivity index (χ0n) is 16.0. The van der Waals surface area contributed by atoms with E-state index < -0.39 is 10.0 Å². The van der Waals surface area contributed by atoms with Gasteiger partial charge in [-0.2, -0.15) is 11.8 Å². The summed E-state index contributed by atoms with van der Waals surface area (Å²) in [5, 5.41) is 3.19. The van der Waals surface area contributed by atoms with E-state index in [0.717, 1.165) is 50.7 Å². The fourth-order valence-electron chi connectivity index (χ4n) is 3.09. The van der Waals surface area contributed by atoms with Gasteiger partial charge in [-0.25, -0.2) is 13.1 Å². The number of nitrogens with zero attached hydrogens (tertiary/aromatic N) is 2. The highest BCUT2D eigenvalue weighted by atomic mass is 127. The van der Waals surface area contributed by atoms with Crippen LogP contribution in [0, 0.1) is 0 Å². The van der Waals surface area contributed by atoms with E-state index in [1.165, 1.54) is 0 Å². The quantitative estimate of drug-likeness (QED) is 0.314. The molecular formula is C16H33IN4O3S2. The van der Waals surface area contributed by atoms with Crippen molar-refractivity contribution in [3.63, 3.8) is 0 Å². The molecule has 2 rings (SSSR count). The van der Waals surface area contributed by atoms with Crippen LogP contribution in [0.4, 0.5) is 0 Å². The van der Waals surface area contributed by atoms with Gasteiger partial charge in [0.15, 0.2) is 5.96 Å². The molecule has 0 saturated carbocycles. The molecule has 0 spiro atoms. The number of nitrogens with one attached hydrogen (secondary N) is 2. The average Bonchev–Trinajstić information content (AvgIpc) is 2.57. The molecule has 0 aliphatic carbocycles. The number of aliphatic imine (C=N–C) groups is 1. The van der Waals surface area contributed by atoms with Crippen molar-refractivity contribution in [2.75, 3.05) is 51.3 Å². The summed E-state index contributed by atoms with van der Waals surface area (Å²) < 4.78 is 32.7. The molecule has 1 atom stereocenters. The highest BCUT2D eigenvalue weighted by Gasteiger charge is 2.28. The number of rotatable bonds is 6. The monoisotopic (exact) mass is 520 g/mol. The van der Waals surface area contributed by atoms with Gasteiger partial charge in [-0.3, -0.25) is 4.99 Å². The Morgan fingerprint density at radius 3 is 2.77 bits per heavy atom. The van der Waals surface area contributed by atoms with Crippen molar-refractivity contribution in [2.24, 2.45) is 4.99 Å². The van der Waals surface area contributed by atoms with Crippen LogP contribution in [0.5, 0.6) is 0 Å². The molecule has 2 fully saturated rings. The van der Waals surface area contributed by atoms with E-state index in [1.54, 1.807) is 7.05 Å². The maximum absolute atomic E-state index is 12.2. The molecule has 0 aromatic heterocycles. The number of sulfonamides is 1. The van der Waals surface area contributed by atoms with Crippen LogP contribution in [0.25, 0.3) is 0 Å². The second-order valence-corrected chi connectivity index (χ2v) is 10.9. The average molecular weight is 521 g/mol. The summed E-state index contributed by atoms with van der Waals surface area (Å²) in [4.78, 5) is 6.50. The van der Waals surface area contributed by atoms with Gasteiger partial charge in [-0.05, 0) is 33.1 Å². The summed E-state index contributed by atoms with van der Waals surface area (Å²) >= 11 is 1.96. The van der Waals surface area contributed by atoms with E-state index in [2.05, 4.69) is 33.8 Å². The molecule has 2 N–H and O–H groups in total. The predicted molar refractivity (Wildman–Crippen MR) is 120 cm³/mol. The molecule has 154 valence electrons. The van der Waals surface area contributed by atoms with Gasteiger partial charge in [0.2, 0.25) is 10.0 Å². The van der Waals surface area contributed by atoms with E-state index in [1.807, 2.05) is 11.8 Å². The van der Waals surface area contributed by atoms with Crippen LogP contribution in [-0.4, -0.2) is 81.5 Å². The van der Waals surface area contributed by atoms with Gasteiger partial charge in [0, 0.05) is 50.3 Å². The second kappa shape index (κ2) is 11.3. The topological polar surface area (TPSA) is 83.0 Å².